The molecule has 0 N–H and O–H groups in total. The summed E-state index contributed by atoms with van der Waals surface area (Å²) in [6, 6.07) is 7.57. The van der Waals surface area contributed by atoms with Gasteiger partial charge in [0.1, 0.15) is 21.6 Å². The first-order valence-corrected chi connectivity index (χ1v) is 13.2. The summed E-state index contributed by atoms with van der Waals surface area (Å²) >= 11 is 2.61. The predicted octanol–water partition coefficient (Wildman–Crippen LogP) is 3.00. The number of piperazine rings is 1. The molecule has 1 atom stereocenters. The first kappa shape index (κ1) is 20.8. The van der Waals surface area contributed by atoms with Gasteiger partial charge in [-0.15, -0.1) is 11.3 Å². The molecule has 31 heavy (non-hydrogen) atoms. The molecule has 7 nitrogen and oxygen atoms in total. The molecule has 164 valence electrons. The van der Waals surface area contributed by atoms with Gasteiger partial charge in [0.2, 0.25) is 5.91 Å². The standard InChI is InChI=1S/C20H21FN4O3S3/c21-14-4-1-6-16-18(14)22-20(30-16)24-11-9-23(10-12-24)19(26)15-5-2-8-25(15)31(27,28)17-7-3-13-29-17/h1,3-4,6-7,13,15H,2,5,8-12H2/t15-/m0/s1. The van der Waals surface area contributed by atoms with Crippen molar-refractivity contribution < 1.29 is 17.6 Å². The lowest BCUT2D eigenvalue weighted by molar-refractivity contribution is -0.134. The fourth-order valence-corrected chi connectivity index (χ4v) is 7.97. The van der Waals surface area contributed by atoms with Crippen molar-refractivity contribution in [1.82, 2.24) is 14.2 Å². The van der Waals surface area contributed by atoms with E-state index in [-0.39, 0.29) is 15.9 Å². The van der Waals surface area contributed by atoms with Crippen LogP contribution in [0.5, 0.6) is 0 Å². The molecule has 1 aromatic carbocycles. The van der Waals surface area contributed by atoms with Crippen LogP contribution in [0.3, 0.4) is 0 Å². The molecule has 0 aliphatic carbocycles. The quantitative estimate of drug-likeness (QED) is 0.574. The number of rotatable bonds is 4. The van der Waals surface area contributed by atoms with E-state index in [2.05, 4.69) is 9.88 Å². The number of hydrogen-bond acceptors (Lipinski definition) is 7. The Hall–Kier alpha value is -2.08. The average molecular weight is 481 g/mol. The van der Waals surface area contributed by atoms with Crippen molar-refractivity contribution in [2.45, 2.75) is 23.1 Å². The molecule has 0 saturated carbocycles. The van der Waals surface area contributed by atoms with E-state index in [1.54, 1.807) is 28.5 Å². The molecule has 3 aromatic rings. The van der Waals surface area contributed by atoms with Gasteiger partial charge in [-0.05, 0) is 36.4 Å². The fourth-order valence-electron chi connectivity index (χ4n) is 4.17. The Morgan fingerprint density at radius 3 is 2.61 bits per heavy atom. The third kappa shape index (κ3) is 3.73. The number of amides is 1. The van der Waals surface area contributed by atoms with Crippen LogP contribution in [0.25, 0.3) is 10.2 Å². The number of thiophene rings is 1. The molecule has 2 aliphatic rings. The number of hydrogen-bond donors (Lipinski definition) is 0. The molecule has 0 spiro atoms. The minimum Gasteiger partial charge on any atom is -0.345 e. The number of fused-ring (bicyclic) bond motifs is 1. The van der Waals surface area contributed by atoms with E-state index >= 15 is 0 Å². The molecule has 1 amide bonds. The van der Waals surface area contributed by atoms with Crippen molar-refractivity contribution in [2.24, 2.45) is 0 Å². The molecule has 0 bridgehead atoms. The zero-order valence-electron chi connectivity index (χ0n) is 16.6. The Balaban J connectivity index is 1.28. The highest BCUT2D eigenvalue weighted by molar-refractivity contribution is 7.91. The molecule has 0 unspecified atom stereocenters. The Morgan fingerprint density at radius 2 is 1.90 bits per heavy atom. The Kier molecular flexibility index (Phi) is 5.45. The van der Waals surface area contributed by atoms with Gasteiger partial charge in [-0.1, -0.05) is 23.5 Å². The molecule has 0 radical (unpaired) electrons. The monoisotopic (exact) mass is 480 g/mol. The summed E-state index contributed by atoms with van der Waals surface area (Å²) in [7, 11) is -3.65. The maximum atomic E-state index is 14.0. The van der Waals surface area contributed by atoms with Crippen molar-refractivity contribution in [3.05, 3.63) is 41.5 Å². The molecule has 5 rings (SSSR count). The van der Waals surface area contributed by atoms with Gasteiger partial charge in [-0.25, -0.2) is 17.8 Å². The summed E-state index contributed by atoms with van der Waals surface area (Å²) < 4.78 is 42.3. The van der Waals surface area contributed by atoms with Crippen molar-refractivity contribution in [2.75, 3.05) is 37.6 Å². The van der Waals surface area contributed by atoms with Crippen molar-refractivity contribution >= 4 is 54.0 Å². The molecular weight excluding hydrogens is 459 g/mol. The first-order chi connectivity index (χ1) is 14.9. The van der Waals surface area contributed by atoms with E-state index in [0.717, 1.165) is 9.83 Å². The van der Waals surface area contributed by atoms with Crippen LogP contribution in [0, 0.1) is 5.82 Å². The molecular formula is C20H21FN4O3S3. The number of carbonyl (C=O) groups is 1. The van der Waals surface area contributed by atoms with Crippen molar-refractivity contribution in [1.29, 1.82) is 0 Å². The predicted molar refractivity (Wildman–Crippen MR) is 120 cm³/mol. The summed E-state index contributed by atoms with van der Waals surface area (Å²) in [5.74, 6) is -0.463. The second-order valence-corrected chi connectivity index (χ2v) is 11.7. The summed E-state index contributed by atoms with van der Waals surface area (Å²) in [4.78, 5) is 21.4. The van der Waals surface area contributed by atoms with Crippen LogP contribution in [-0.4, -0.2) is 67.3 Å². The maximum Gasteiger partial charge on any atom is 0.253 e. The van der Waals surface area contributed by atoms with E-state index in [1.165, 1.54) is 33.0 Å². The van der Waals surface area contributed by atoms with Crippen LogP contribution in [0.15, 0.2) is 39.9 Å². The molecule has 2 fully saturated rings. The number of halogens is 1. The maximum absolute atomic E-state index is 14.0. The molecule has 11 heteroatoms. The number of sulfonamides is 1. The van der Waals surface area contributed by atoms with Gasteiger partial charge in [-0.3, -0.25) is 4.79 Å². The minimum absolute atomic E-state index is 0.132. The number of nitrogens with zero attached hydrogens (tertiary/aromatic N) is 4. The van der Waals surface area contributed by atoms with Gasteiger partial charge in [0.05, 0.1) is 4.70 Å². The molecule has 4 heterocycles. The first-order valence-electron chi connectivity index (χ1n) is 10.1. The number of para-hydroxylation sites is 1. The third-order valence-corrected chi connectivity index (χ3v) is 10.1. The average Bonchev–Trinajstić information content (AvgIpc) is 3.54. The minimum atomic E-state index is -3.65. The Bertz CT molecular complexity index is 1200. The van der Waals surface area contributed by atoms with Gasteiger partial charge >= 0.3 is 0 Å². The van der Waals surface area contributed by atoms with Crippen molar-refractivity contribution in [3.8, 4) is 0 Å². The SMILES string of the molecule is O=C([C@@H]1CCCN1S(=O)(=O)c1cccs1)N1CCN(c2nc3c(F)cccc3s2)CC1. The van der Waals surface area contributed by atoms with Crippen LogP contribution in [0.2, 0.25) is 0 Å². The van der Waals surface area contributed by atoms with Crippen LogP contribution in [-0.2, 0) is 14.8 Å². The van der Waals surface area contributed by atoms with Crippen LogP contribution in [0.4, 0.5) is 9.52 Å². The van der Waals surface area contributed by atoms with Gasteiger partial charge < -0.3 is 9.80 Å². The smallest absolute Gasteiger partial charge is 0.253 e. The molecule has 2 aliphatic heterocycles. The number of carbonyl (C=O) groups excluding carboxylic acids is 1. The Morgan fingerprint density at radius 1 is 1.10 bits per heavy atom. The van der Waals surface area contributed by atoms with E-state index in [0.29, 0.717) is 51.1 Å². The summed E-state index contributed by atoms with van der Waals surface area (Å²) in [5, 5.41) is 2.47. The fraction of sp³-hybridized carbons (Fsp3) is 0.400. The largest absolute Gasteiger partial charge is 0.345 e. The number of aromatic nitrogens is 1. The number of anilines is 1. The second kappa shape index (κ2) is 8.12. The highest BCUT2D eigenvalue weighted by atomic mass is 32.2. The lowest BCUT2D eigenvalue weighted by Gasteiger charge is -2.37. The van der Waals surface area contributed by atoms with Gasteiger partial charge in [0.15, 0.2) is 5.13 Å². The van der Waals surface area contributed by atoms with Gasteiger partial charge in [0, 0.05) is 32.7 Å². The summed E-state index contributed by atoms with van der Waals surface area (Å²) in [6.45, 7) is 2.50. The van der Waals surface area contributed by atoms with E-state index in [4.69, 9.17) is 0 Å². The van der Waals surface area contributed by atoms with Crippen molar-refractivity contribution in [3.63, 3.8) is 0 Å². The number of benzene rings is 1. The van der Waals surface area contributed by atoms with Crippen LogP contribution >= 0.6 is 22.7 Å². The summed E-state index contributed by atoms with van der Waals surface area (Å²) in [5.41, 5.74) is 0.376. The van der Waals surface area contributed by atoms with Crippen LogP contribution < -0.4 is 4.90 Å². The zero-order chi connectivity index (χ0) is 21.6. The lowest BCUT2D eigenvalue weighted by Crippen LogP contribution is -2.54. The van der Waals surface area contributed by atoms with Gasteiger partial charge in [0.25, 0.3) is 10.0 Å². The molecule has 2 aromatic heterocycles. The normalized spacial score (nSPS) is 20.6. The Labute approximate surface area is 187 Å². The lowest BCUT2D eigenvalue weighted by atomic mass is 10.2. The van der Waals surface area contributed by atoms with Crippen LogP contribution in [0.1, 0.15) is 12.8 Å². The van der Waals surface area contributed by atoms with E-state index < -0.39 is 16.1 Å². The highest BCUT2D eigenvalue weighted by Crippen LogP contribution is 2.32. The number of thiazole rings is 1. The van der Waals surface area contributed by atoms with Gasteiger partial charge in [-0.2, -0.15) is 4.31 Å². The summed E-state index contributed by atoms with van der Waals surface area (Å²) in [6.07, 6.45) is 1.22. The van der Waals surface area contributed by atoms with E-state index in [9.17, 15) is 17.6 Å². The topological polar surface area (TPSA) is 73.8 Å². The zero-order valence-corrected chi connectivity index (χ0v) is 19.1. The second-order valence-electron chi connectivity index (χ2n) is 7.60. The van der Waals surface area contributed by atoms with E-state index in [1.807, 2.05) is 6.07 Å². The molecule has 2 saturated heterocycles. The third-order valence-electron chi connectivity index (χ3n) is 5.77. The highest BCUT2D eigenvalue weighted by Gasteiger charge is 2.42.